The number of para-hydroxylation sites is 1. The first kappa shape index (κ1) is 17.2. The largest absolute Gasteiger partial charge is 0.478 e. The Morgan fingerprint density at radius 2 is 1.89 bits per heavy atom. The summed E-state index contributed by atoms with van der Waals surface area (Å²) in [6, 6.07) is 8.38. The van der Waals surface area contributed by atoms with Crippen LogP contribution < -0.4 is 27.2 Å². The Morgan fingerprint density at radius 1 is 1.19 bits per heavy atom. The van der Waals surface area contributed by atoms with Crippen molar-refractivity contribution in [2.75, 3.05) is 10.7 Å². The zero-order valence-corrected chi connectivity index (χ0v) is 14.6. The molecule has 9 nitrogen and oxygen atoms in total. The van der Waals surface area contributed by atoms with E-state index in [4.69, 9.17) is 0 Å². The van der Waals surface area contributed by atoms with Crippen molar-refractivity contribution in [3.05, 3.63) is 67.0 Å². The van der Waals surface area contributed by atoms with Crippen LogP contribution in [0.2, 0.25) is 0 Å². The van der Waals surface area contributed by atoms with Crippen molar-refractivity contribution in [1.29, 1.82) is 0 Å². The topological polar surface area (TPSA) is 130 Å². The van der Waals surface area contributed by atoms with Gasteiger partial charge in [-0.25, -0.2) is 4.79 Å². The van der Waals surface area contributed by atoms with Crippen molar-refractivity contribution in [3.63, 3.8) is 0 Å². The van der Waals surface area contributed by atoms with Crippen LogP contribution in [-0.2, 0) is 17.8 Å². The Bertz CT molecular complexity index is 1080. The van der Waals surface area contributed by atoms with E-state index < -0.39 is 23.1 Å². The van der Waals surface area contributed by atoms with Gasteiger partial charge in [0.25, 0.3) is 0 Å². The lowest BCUT2D eigenvalue weighted by Gasteiger charge is -2.23. The zero-order valence-electron chi connectivity index (χ0n) is 13.8. The van der Waals surface area contributed by atoms with E-state index in [0.717, 1.165) is 20.9 Å². The first-order valence-corrected chi connectivity index (χ1v) is 8.89. The standard InChI is InChI=1S/C17H14N4O5S/c22-13(19-8-4-2-1-3-5-8)10-6-9-11(7-18-10)27-14(12(9)17(25)26)20-21-15(23)16(21)24/h1-5,10,18,20H,6-7H2,(H,19,22)(H,25,26). The van der Waals surface area contributed by atoms with E-state index in [1.165, 1.54) is 0 Å². The number of aromatic carboxylic acids is 1. The van der Waals surface area contributed by atoms with Gasteiger partial charge in [0.2, 0.25) is 5.91 Å². The number of carbonyl (C=O) groups excluding carboxylic acids is 1. The summed E-state index contributed by atoms with van der Waals surface area (Å²) >= 11 is 1.15. The average molecular weight is 386 g/mol. The molecule has 3 aromatic rings. The van der Waals surface area contributed by atoms with Gasteiger partial charge < -0.3 is 15.7 Å². The van der Waals surface area contributed by atoms with E-state index in [2.05, 4.69) is 16.1 Å². The maximum absolute atomic E-state index is 12.5. The smallest absolute Gasteiger partial charge is 0.340 e. The third-order valence-electron chi connectivity index (χ3n) is 4.33. The Balaban J connectivity index is 1.58. The number of nitrogens with zero attached hydrogens (tertiary/aromatic N) is 1. The van der Waals surface area contributed by atoms with Gasteiger partial charge in [0.15, 0.2) is 0 Å². The summed E-state index contributed by atoms with van der Waals surface area (Å²) in [7, 11) is 0. The molecule has 0 spiro atoms. The van der Waals surface area contributed by atoms with Crippen LogP contribution in [0.5, 0.6) is 0 Å². The van der Waals surface area contributed by atoms with Gasteiger partial charge in [0.1, 0.15) is 5.00 Å². The fourth-order valence-electron chi connectivity index (χ4n) is 2.94. The highest BCUT2D eigenvalue weighted by atomic mass is 32.1. The number of fused-ring (bicyclic) bond motifs is 1. The number of carbonyl (C=O) groups is 2. The van der Waals surface area contributed by atoms with Crippen molar-refractivity contribution in [2.24, 2.45) is 0 Å². The van der Waals surface area contributed by atoms with E-state index in [1.807, 2.05) is 6.07 Å². The summed E-state index contributed by atoms with van der Waals surface area (Å²) in [6.45, 7) is 0.316. The van der Waals surface area contributed by atoms with E-state index >= 15 is 0 Å². The van der Waals surface area contributed by atoms with Crippen LogP contribution in [0.4, 0.5) is 10.7 Å². The number of benzene rings is 1. The molecule has 0 aliphatic carbocycles. The third kappa shape index (κ3) is 3.15. The van der Waals surface area contributed by atoms with Gasteiger partial charge in [0, 0.05) is 17.1 Å². The number of hydrogen-bond acceptors (Lipinski definition) is 7. The minimum Gasteiger partial charge on any atom is -0.478 e. The summed E-state index contributed by atoms with van der Waals surface area (Å²) in [6.07, 6.45) is 0.190. The van der Waals surface area contributed by atoms with Gasteiger partial charge in [-0.15, -0.1) is 11.3 Å². The molecule has 1 amide bonds. The molecule has 4 rings (SSSR count). The van der Waals surface area contributed by atoms with Gasteiger partial charge in [-0.05, 0) is 24.1 Å². The van der Waals surface area contributed by atoms with Crippen LogP contribution in [0, 0.1) is 0 Å². The summed E-state index contributed by atoms with van der Waals surface area (Å²) in [5.74, 6) is -1.44. The second-order valence-corrected chi connectivity index (χ2v) is 7.17. The molecule has 0 radical (unpaired) electrons. The average Bonchev–Trinajstić information content (AvgIpc) is 3.05. The fraction of sp³-hybridized carbons (Fsp3) is 0.176. The van der Waals surface area contributed by atoms with Crippen LogP contribution in [0.15, 0.2) is 39.9 Å². The molecule has 0 saturated carbocycles. The number of anilines is 2. The minimum atomic E-state index is -1.18. The van der Waals surface area contributed by atoms with Crippen LogP contribution in [0.25, 0.3) is 0 Å². The second kappa shape index (κ2) is 6.49. The number of thiophene rings is 1. The molecule has 1 aromatic carbocycles. The van der Waals surface area contributed by atoms with Gasteiger partial charge in [0.05, 0.1) is 11.6 Å². The van der Waals surface area contributed by atoms with Crippen LogP contribution in [0.3, 0.4) is 0 Å². The first-order chi connectivity index (χ1) is 13.0. The van der Waals surface area contributed by atoms with Gasteiger partial charge in [-0.3, -0.25) is 19.8 Å². The molecule has 0 saturated heterocycles. The summed E-state index contributed by atoms with van der Waals surface area (Å²) in [4.78, 5) is 47.3. The number of carboxylic acid groups (broad SMARTS) is 1. The fourth-order valence-corrected chi connectivity index (χ4v) is 4.10. The maximum Gasteiger partial charge on any atom is 0.340 e. The predicted molar refractivity (Wildman–Crippen MR) is 99.0 cm³/mol. The van der Waals surface area contributed by atoms with E-state index in [1.54, 1.807) is 24.3 Å². The lowest BCUT2D eigenvalue weighted by atomic mass is 9.97. The molecule has 4 N–H and O–H groups in total. The molecule has 3 heterocycles. The molecule has 138 valence electrons. The van der Waals surface area contributed by atoms with Gasteiger partial charge in [-0.2, -0.15) is 4.68 Å². The second-order valence-electron chi connectivity index (χ2n) is 6.06. The maximum atomic E-state index is 12.5. The van der Waals surface area contributed by atoms with Crippen molar-refractivity contribution in [2.45, 2.75) is 19.0 Å². The molecule has 0 bridgehead atoms. The summed E-state index contributed by atoms with van der Waals surface area (Å²) in [5.41, 5.74) is 2.30. The van der Waals surface area contributed by atoms with Crippen molar-refractivity contribution in [1.82, 2.24) is 9.99 Å². The molecule has 10 heteroatoms. The van der Waals surface area contributed by atoms with Crippen LogP contribution in [0.1, 0.15) is 20.8 Å². The Hall–Kier alpha value is -3.24. The molecule has 1 atom stereocenters. The van der Waals surface area contributed by atoms with Crippen molar-refractivity contribution < 1.29 is 14.7 Å². The molecular weight excluding hydrogens is 372 g/mol. The number of hydrogen-bond donors (Lipinski definition) is 4. The predicted octanol–water partition coefficient (Wildman–Crippen LogP) is 0.372. The molecule has 1 aliphatic rings. The van der Waals surface area contributed by atoms with E-state index in [-0.39, 0.29) is 22.9 Å². The lowest BCUT2D eigenvalue weighted by molar-refractivity contribution is -0.118. The monoisotopic (exact) mass is 386 g/mol. The number of carboxylic acids is 1. The van der Waals surface area contributed by atoms with Crippen LogP contribution in [-0.4, -0.2) is 27.7 Å². The first-order valence-electron chi connectivity index (χ1n) is 8.08. The SMILES string of the molecule is O=C(O)c1c(Nn2c(=O)c2=O)sc2c1CC(C(=O)Nc1ccccc1)NC2. The van der Waals surface area contributed by atoms with E-state index in [0.29, 0.717) is 17.8 Å². The number of nitrogens with one attached hydrogen (secondary N) is 3. The highest BCUT2D eigenvalue weighted by Gasteiger charge is 2.32. The normalized spacial score (nSPS) is 16.1. The Morgan fingerprint density at radius 3 is 2.52 bits per heavy atom. The molecular formula is C17H14N4O5S. The quantitative estimate of drug-likeness (QED) is 0.466. The Kier molecular flexibility index (Phi) is 4.13. The Labute approximate surface area is 155 Å². The molecule has 27 heavy (non-hydrogen) atoms. The third-order valence-corrected chi connectivity index (χ3v) is 5.47. The van der Waals surface area contributed by atoms with Gasteiger partial charge >= 0.3 is 17.1 Å². The summed E-state index contributed by atoms with van der Waals surface area (Å²) < 4.78 is 0.761. The number of rotatable bonds is 5. The number of aromatic nitrogens is 1. The zero-order chi connectivity index (χ0) is 19.1. The van der Waals surface area contributed by atoms with E-state index in [9.17, 15) is 24.3 Å². The molecule has 1 aliphatic heterocycles. The van der Waals surface area contributed by atoms with Crippen molar-refractivity contribution in [3.8, 4) is 0 Å². The minimum absolute atomic E-state index is 0.0125. The van der Waals surface area contributed by atoms with Crippen LogP contribution >= 0.6 is 11.3 Å². The highest BCUT2D eigenvalue weighted by Crippen LogP contribution is 2.36. The molecule has 2 aromatic heterocycles. The highest BCUT2D eigenvalue weighted by molar-refractivity contribution is 7.16. The lowest BCUT2D eigenvalue weighted by Crippen LogP contribution is -2.44. The van der Waals surface area contributed by atoms with Gasteiger partial charge in [-0.1, -0.05) is 18.2 Å². The molecule has 0 fully saturated rings. The van der Waals surface area contributed by atoms with Crippen molar-refractivity contribution >= 4 is 33.9 Å². The number of amides is 1. The molecule has 1 unspecified atom stereocenters. The summed E-state index contributed by atoms with van der Waals surface area (Å²) in [5, 5.41) is 15.7.